The van der Waals surface area contributed by atoms with Gasteiger partial charge in [0.05, 0.1) is 17.3 Å². The van der Waals surface area contributed by atoms with Gasteiger partial charge >= 0.3 is 0 Å². The highest BCUT2D eigenvalue weighted by molar-refractivity contribution is 7.89. The van der Waals surface area contributed by atoms with Crippen LogP contribution in [0.25, 0.3) is 0 Å². The molecular formula is C22H27N3O6S2. The number of ketones is 1. The fourth-order valence-corrected chi connectivity index (χ4v) is 6.39. The summed E-state index contributed by atoms with van der Waals surface area (Å²) in [6.45, 7) is 8.34. The third-order valence-electron chi connectivity index (χ3n) is 5.45. The molecule has 2 unspecified atom stereocenters. The predicted octanol–water partition coefficient (Wildman–Crippen LogP) is 3.78. The minimum absolute atomic E-state index is 0.00568. The summed E-state index contributed by atoms with van der Waals surface area (Å²) < 4.78 is 33.3. The van der Waals surface area contributed by atoms with Crippen LogP contribution < -0.4 is 5.32 Å². The monoisotopic (exact) mass is 493 g/mol. The average molecular weight is 494 g/mol. The van der Waals surface area contributed by atoms with E-state index in [1.807, 2.05) is 13.0 Å². The standard InChI is InChI=1S/C22H27N3O6S2/c1-12-9-13(2)19(17(10-12)16(5)26)23-21(27)20-18(7-8-32-20)33(28,29)25(11-30-6)22-14(3)15(4)24-31-22/h7-10,14,22H,11H2,1-6H3,(H,23,27). The zero-order valence-corrected chi connectivity index (χ0v) is 21.0. The van der Waals surface area contributed by atoms with E-state index in [4.69, 9.17) is 9.57 Å². The number of Topliss-reactive ketones (excluding diaryl/α,β-unsaturated/α-hetero) is 1. The largest absolute Gasteiger partial charge is 0.375 e. The first-order chi connectivity index (χ1) is 15.5. The van der Waals surface area contributed by atoms with Crippen molar-refractivity contribution >= 4 is 44.4 Å². The molecule has 0 aliphatic carbocycles. The van der Waals surface area contributed by atoms with Crippen molar-refractivity contribution in [3.63, 3.8) is 0 Å². The lowest BCUT2D eigenvalue weighted by Crippen LogP contribution is -2.45. The van der Waals surface area contributed by atoms with Crippen molar-refractivity contribution in [3.05, 3.63) is 45.1 Å². The topological polar surface area (TPSA) is 114 Å². The number of rotatable bonds is 8. The van der Waals surface area contributed by atoms with Crippen molar-refractivity contribution in [1.82, 2.24) is 4.31 Å². The van der Waals surface area contributed by atoms with E-state index in [1.165, 1.54) is 25.5 Å². The molecule has 0 radical (unpaired) electrons. The number of nitrogens with one attached hydrogen (secondary N) is 1. The Bertz CT molecular complexity index is 1220. The van der Waals surface area contributed by atoms with Gasteiger partial charge in [-0.3, -0.25) is 9.59 Å². The van der Waals surface area contributed by atoms with Gasteiger partial charge < -0.3 is 14.9 Å². The van der Waals surface area contributed by atoms with Crippen molar-refractivity contribution in [2.24, 2.45) is 11.1 Å². The first kappa shape index (κ1) is 25.0. The second-order valence-electron chi connectivity index (χ2n) is 7.96. The number of oxime groups is 1. The number of thiophene rings is 1. The predicted molar refractivity (Wildman–Crippen MR) is 126 cm³/mol. The van der Waals surface area contributed by atoms with Crippen LogP contribution in [0.3, 0.4) is 0 Å². The zero-order valence-electron chi connectivity index (χ0n) is 19.3. The molecule has 0 saturated heterocycles. The number of sulfonamides is 1. The Labute approximate surface area is 197 Å². The Morgan fingerprint density at radius 1 is 1.27 bits per heavy atom. The summed E-state index contributed by atoms with van der Waals surface area (Å²) in [5, 5.41) is 8.17. The Hall–Kier alpha value is -2.60. The number of hydrogen-bond donors (Lipinski definition) is 1. The van der Waals surface area contributed by atoms with Gasteiger partial charge in [0.25, 0.3) is 5.91 Å². The minimum Gasteiger partial charge on any atom is -0.375 e. The molecule has 1 aromatic heterocycles. The summed E-state index contributed by atoms with van der Waals surface area (Å²) >= 11 is 0.993. The Kier molecular flexibility index (Phi) is 7.37. The molecule has 0 bridgehead atoms. The van der Waals surface area contributed by atoms with Crippen molar-refractivity contribution in [3.8, 4) is 0 Å². The van der Waals surface area contributed by atoms with E-state index >= 15 is 0 Å². The number of nitrogens with zero attached hydrogens (tertiary/aromatic N) is 2. The number of hydrogen-bond acceptors (Lipinski definition) is 8. The number of ether oxygens (including phenoxy) is 1. The fourth-order valence-electron chi connectivity index (χ4n) is 3.60. The molecule has 33 heavy (non-hydrogen) atoms. The second kappa shape index (κ2) is 9.72. The van der Waals surface area contributed by atoms with Crippen molar-refractivity contribution in [1.29, 1.82) is 0 Å². The molecule has 0 fully saturated rings. The Morgan fingerprint density at radius 2 is 1.97 bits per heavy atom. The van der Waals surface area contributed by atoms with Crippen LogP contribution >= 0.6 is 11.3 Å². The summed E-state index contributed by atoms with van der Waals surface area (Å²) in [5.74, 6) is -1.12. The molecule has 2 heterocycles. The van der Waals surface area contributed by atoms with Crippen molar-refractivity contribution in [2.75, 3.05) is 19.2 Å². The summed E-state index contributed by atoms with van der Waals surface area (Å²) in [4.78, 5) is 30.5. The fraction of sp³-hybridized carbons (Fsp3) is 0.409. The number of amides is 1. The second-order valence-corrected chi connectivity index (χ2v) is 10.7. The third-order valence-corrected chi connectivity index (χ3v) is 8.32. The van der Waals surface area contributed by atoms with E-state index in [2.05, 4.69) is 10.5 Å². The van der Waals surface area contributed by atoms with Gasteiger partial charge in [0, 0.05) is 12.7 Å². The molecular weight excluding hydrogens is 466 g/mol. The summed E-state index contributed by atoms with van der Waals surface area (Å²) in [7, 11) is -2.80. The van der Waals surface area contributed by atoms with Gasteiger partial charge in [-0.1, -0.05) is 18.1 Å². The van der Waals surface area contributed by atoms with E-state index in [1.54, 1.807) is 26.8 Å². The lowest BCUT2D eigenvalue weighted by Gasteiger charge is -2.28. The highest BCUT2D eigenvalue weighted by Crippen LogP contribution is 2.32. The van der Waals surface area contributed by atoms with Crippen LogP contribution in [0.5, 0.6) is 0 Å². The number of carbonyl (C=O) groups excluding carboxylic acids is 2. The SMILES string of the molecule is COCN(C1ON=C(C)C1C)S(=O)(=O)c1ccsc1C(=O)Nc1c(C)cc(C)cc1C(C)=O. The van der Waals surface area contributed by atoms with Crippen molar-refractivity contribution in [2.45, 2.75) is 45.7 Å². The van der Waals surface area contributed by atoms with E-state index < -0.39 is 22.2 Å². The zero-order chi connectivity index (χ0) is 24.5. The molecule has 2 atom stereocenters. The molecule has 1 amide bonds. The molecule has 2 aromatic rings. The van der Waals surface area contributed by atoms with Crippen LogP contribution in [0, 0.1) is 19.8 Å². The number of methoxy groups -OCH3 is 1. The maximum absolute atomic E-state index is 13.6. The number of benzene rings is 1. The quantitative estimate of drug-likeness (QED) is 0.442. The molecule has 178 valence electrons. The normalized spacial score (nSPS) is 18.2. The van der Waals surface area contributed by atoms with Crippen LogP contribution in [-0.2, 0) is 19.6 Å². The van der Waals surface area contributed by atoms with Crippen LogP contribution in [0.1, 0.15) is 51.9 Å². The Morgan fingerprint density at radius 3 is 2.55 bits per heavy atom. The molecule has 1 N–H and O–H groups in total. The smallest absolute Gasteiger partial charge is 0.267 e. The lowest BCUT2D eigenvalue weighted by atomic mass is 10.0. The highest BCUT2D eigenvalue weighted by Gasteiger charge is 2.42. The molecule has 1 aromatic carbocycles. The number of carbonyl (C=O) groups is 2. The number of aryl methyl sites for hydroxylation is 2. The molecule has 9 nitrogen and oxygen atoms in total. The van der Waals surface area contributed by atoms with E-state index in [-0.39, 0.29) is 28.2 Å². The average Bonchev–Trinajstić information content (AvgIpc) is 3.36. The van der Waals surface area contributed by atoms with Gasteiger partial charge in [-0.05, 0) is 56.3 Å². The van der Waals surface area contributed by atoms with Gasteiger partial charge in [-0.15, -0.1) is 15.6 Å². The molecule has 0 spiro atoms. The molecule has 0 saturated carbocycles. The Balaban J connectivity index is 1.98. The first-order valence-electron chi connectivity index (χ1n) is 10.2. The highest BCUT2D eigenvalue weighted by atomic mass is 32.2. The minimum atomic E-state index is -4.18. The van der Waals surface area contributed by atoms with Crippen LogP contribution in [0.4, 0.5) is 5.69 Å². The van der Waals surface area contributed by atoms with Gasteiger partial charge in [0.15, 0.2) is 5.78 Å². The molecule has 1 aliphatic rings. The number of anilines is 1. The van der Waals surface area contributed by atoms with E-state index in [9.17, 15) is 18.0 Å². The maximum atomic E-state index is 13.6. The van der Waals surface area contributed by atoms with E-state index in [0.29, 0.717) is 22.5 Å². The molecule has 1 aliphatic heterocycles. The third kappa shape index (κ3) is 4.86. The summed E-state index contributed by atoms with van der Waals surface area (Å²) in [5.41, 5.74) is 2.97. The van der Waals surface area contributed by atoms with Gasteiger partial charge in [0.1, 0.15) is 16.5 Å². The van der Waals surface area contributed by atoms with Gasteiger partial charge in [0.2, 0.25) is 16.3 Å². The van der Waals surface area contributed by atoms with Gasteiger partial charge in [-0.25, -0.2) is 8.42 Å². The first-order valence-corrected chi connectivity index (χ1v) is 12.5. The molecule has 11 heteroatoms. The van der Waals surface area contributed by atoms with Gasteiger partial charge in [-0.2, -0.15) is 0 Å². The van der Waals surface area contributed by atoms with Crippen LogP contribution in [-0.4, -0.2) is 50.2 Å². The van der Waals surface area contributed by atoms with E-state index in [0.717, 1.165) is 21.2 Å². The maximum Gasteiger partial charge on any atom is 0.267 e. The van der Waals surface area contributed by atoms with Crippen LogP contribution in [0.2, 0.25) is 0 Å². The van der Waals surface area contributed by atoms with Crippen LogP contribution in [0.15, 0.2) is 33.6 Å². The summed E-state index contributed by atoms with van der Waals surface area (Å²) in [6.07, 6.45) is -0.894. The lowest BCUT2D eigenvalue weighted by molar-refractivity contribution is -0.0512. The summed E-state index contributed by atoms with van der Waals surface area (Å²) in [6, 6.07) is 4.91. The van der Waals surface area contributed by atoms with Crippen molar-refractivity contribution < 1.29 is 27.6 Å². The molecule has 3 rings (SSSR count).